The van der Waals surface area contributed by atoms with Crippen LogP contribution in [0.4, 0.5) is 6.01 Å². The number of nitrogens with one attached hydrogen (secondary N) is 1. The molecule has 2 aromatic heterocycles. The molecule has 0 bridgehead atoms. The number of rotatable bonds is 7. The summed E-state index contributed by atoms with van der Waals surface area (Å²) in [5, 5.41) is 11.6. The van der Waals surface area contributed by atoms with E-state index >= 15 is 0 Å². The molecule has 0 aliphatic rings. The fraction of sp³-hybridized carbons (Fsp3) is 0.353. The summed E-state index contributed by atoms with van der Waals surface area (Å²) in [7, 11) is 5.11. The van der Waals surface area contributed by atoms with Crippen LogP contribution in [0.3, 0.4) is 0 Å². The van der Waals surface area contributed by atoms with E-state index in [0.717, 1.165) is 34.9 Å². The van der Waals surface area contributed by atoms with E-state index in [1.807, 2.05) is 31.3 Å². The SMILES string of the molecule is CCc1nn(C)c(OC)c1CNc1nc(-c2cccc(OC)c2)no1. The normalized spacial score (nSPS) is 10.7. The Balaban J connectivity index is 1.76. The summed E-state index contributed by atoms with van der Waals surface area (Å²) >= 11 is 0. The molecule has 0 saturated carbocycles. The van der Waals surface area contributed by atoms with Crippen LogP contribution in [0.15, 0.2) is 28.8 Å². The monoisotopic (exact) mass is 343 g/mol. The largest absolute Gasteiger partial charge is 0.497 e. The molecule has 3 rings (SSSR count). The minimum absolute atomic E-state index is 0.339. The second-order valence-corrected chi connectivity index (χ2v) is 5.42. The van der Waals surface area contributed by atoms with Gasteiger partial charge in [-0.25, -0.2) is 4.68 Å². The highest BCUT2D eigenvalue weighted by Crippen LogP contribution is 2.25. The van der Waals surface area contributed by atoms with Crippen molar-refractivity contribution in [3.63, 3.8) is 0 Å². The maximum Gasteiger partial charge on any atom is 0.322 e. The number of anilines is 1. The fourth-order valence-electron chi connectivity index (χ4n) is 2.66. The van der Waals surface area contributed by atoms with Crippen molar-refractivity contribution in [1.29, 1.82) is 0 Å². The Hall–Kier alpha value is -3.03. The van der Waals surface area contributed by atoms with Crippen molar-refractivity contribution in [2.24, 2.45) is 7.05 Å². The average Bonchev–Trinajstić information content (AvgIpc) is 3.23. The first-order chi connectivity index (χ1) is 12.2. The molecule has 1 N–H and O–H groups in total. The number of hydrogen-bond acceptors (Lipinski definition) is 7. The van der Waals surface area contributed by atoms with Gasteiger partial charge in [0.25, 0.3) is 0 Å². The van der Waals surface area contributed by atoms with Gasteiger partial charge in [-0.2, -0.15) is 10.1 Å². The Kier molecular flexibility index (Phi) is 4.87. The summed E-state index contributed by atoms with van der Waals surface area (Å²) in [6, 6.07) is 7.84. The van der Waals surface area contributed by atoms with Gasteiger partial charge in [-0.1, -0.05) is 24.2 Å². The molecule has 0 amide bonds. The van der Waals surface area contributed by atoms with Gasteiger partial charge in [-0.05, 0) is 18.6 Å². The van der Waals surface area contributed by atoms with Crippen LogP contribution >= 0.6 is 0 Å². The van der Waals surface area contributed by atoms with E-state index in [9.17, 15) is 0 Å². The Bertz CT molecular complexity index is 856. The first-order valence-corrected chi connectivity index (χ1v) is 7.97. The number of benzene rings is 1. The molecule has 8 heteroatoms. The third-order valence-corrected chi connectivity index (χ3v) is 3.87. The summed E-state index contributed by atoms with van der Waals surface area (Å²) in [6.45, 7) is 2.54. The van der Waals surface area contributed by atoms with E-state index in [4.69, 9.17) is 14.0 Å². The standard InChI is InChI=1S/C17H21N5O3/c1-5-14-13(16(24-4)22(2)20-14)10-18-17-19-15(21-25-17)11-7-6-8-12(9-11)23-3/h6-9H,5,10H2,1-4H3,(H,18,19,21). The molecule has 0 aliphatic heterocycles. The third kappa shape index (κ3) is 3.42. The highest BCUT2D eigenvalue weighted by Gasteiger charge is 2.17. The van der Waals surface area contributed by atoms with E-state index in [-0.39, 0.29) is 0 Å². The molecule has 1 aromatic carbocycles. The van der Waals surface area contributed by atoms with Crippen LogP contribution in [0.5, 0.6) is 11.6 Å². The highest BCUT2D eigenvalue weighted by molar-refractivity contribution is 5.58. The average molecular weight is 343 g/mol. The molecule has 25 heavy (non-hydrogen) atoms. The molecule has 132 valence electrons. The molecule has 2 heterocycles. The number of aromatic nitrogens is 4. The van der Waals surface area contributed by atoms with Gasteiger partial charge in [-0.15, -0.1) is 0 Å². The van der Waals surface area contributed by atoms with Crippen LogP contribution in [0.1, 0.15) is 18.2 Å². The Morgan fingerprint density at radius 1 is 1.24 bits per heavy atom. The topological polar surface area (TPSA) is 87.2 Å². The van der Waals surface area contributed by atoms with Crippen molar-refractivity contribution in [2.75, 3.05) is 19.5 Å². The summed E-state index contributed by atoms with van der Waals surface area (Å²) in [6.07, 6.45) is 0.813. The predicted octanol–water partition coefficient (Wildman–Crippen LogP) is 2.66. The molecule has 3 aromatic rings. The van der Waals surface area contributed by atoms with Crippen LogP contribution in [0.2, 0.25) is 0 Å². The van der Waals surface area contributed by atoms with E-state index in [1.165, 1.54) is 0 Å². The second kappa shape index (κ2) is 7.25. The van der Waals surface area contributed by atoms with Gasteiger partial charge >= 0.3 is 6.01 Å². The zero-order valence-electron chi connectivity index (χ0n) is 14.7. The number of ether oxygens (including phenoxy) is 2. The number of aryl methyl sites for hydroxylation is 2. The zero-order valence-corrected chi connectivity index (χ0v) is 14.7. The third-order valence-electron chi connectivity index (χ3n) is 3.87. The van der Waals surface area contributed by atoms with Crippen molar-refractivity contribution in [1.82, 2.24) is 19.9 Å². The van der Waals surface area contributed by atoms with Gasteiger partial charge in [0.2, 0.25) is 11.7 Å². The smallest absolute Gasteiger partial charge is 0.322 e. The molecule has 0 atom stereocenters. The van der Waals surface area contributed by atoms with Gasteiger partial charge in [-0.3, -0.25) is 0 Å². The number of nitrogens with zero attached hydrogens (tertiary/aromatic N) is 4. The van der Waals surface area contributed by atoms with E-state index in [1.54, 1.807) is 18.9 Å². The predicted molar refractivity (Wildman–Crippen MR) is 92.8 cm³/mol. The molecule has 0 fully saturated rings. The van der Waals surface area contributed by atoms with Gasteiger partial charge < -0.3 is 19.3 Å². The molecule has 0 saturated heterocycles. The lowest BCUT2D eigenvalue weighted by Gasteiger charge is -2.05. The Morgan fingerprint density at radius 3 is 2.80 bits per heavy atom. The van der Waals surface area contributed by atoms with E-state index < -0.39 is 0 Å². The van der Waals surface area contributed by atoms with E-state index in [2.05, 4.69) is 27.5 Å². The molecular formula is C17H21N5O3. The first kappa shape index (κ1) is 16.8. The molecule has 8 nitrogen and oxygen atoms in total. The quantitative estimate of drug-likeness (QED) is 0.705. The lowest BCUT2D eigenvalue weighted by Crippen LogP contribution is -2.03. The van der Waals surface area contributed by atoms with Crippen molar-refractivity contribution in [3.8, 4) is 23.0 Å². The van der Waals surface area contributed by atoms with Crippen molar-refractivity contribution in [2.45, 2.75) is 19.9 Å². The van der Waals surface area contributed by atoms with Crippen molar-refractivity contribution >= 4 is 6.01 Å². The number of hydrogen-bond donors (Lipinski definition) is 1. The highest BCUT2D eigenvalue weighted by atomic mass is 16.5. The summed E-state index contributed by atoms with van der Waals surface area (Å²) in [4.78, 5) is 4.38. The minimum atomic E-state index is 0.339. The molecule has 0 unspecified atom stereocenters. The summed E-state index contributed by atoms with van der Waals surface area (Å²) in [5.41, 5.74) is 2.78. The van der Waals surface area contributed by atoms with Crippen LogP contribution in [0, 0.1) is 0 Å². The second-order valence-electron chi connectivity index (χ2n) is 5.42. The van der Waals surface area contributed by atoms with Crippen LogP contribution in [-0.2, 0) is 20.0 Å². The lowest BCUT2D eigenvalue weighted by atomic mass is 10.2. The Morgan fingerprint density at radius 2 is 2.08 bits per heavy atom. The van der Waals surface area contributed by atoms with Gasteiger partial charge in [0, 0.05) is 12.6 Å². The van der Waals surface area contributed by atoms with Gasteiger partial charge in [0.1, 0.15) is 5.75 Å². The maximum atomic E-state index is 5.43. The number of methoxy groups -OCH3 is 2. The molecular weight excluding hydrogens is 322 g/mol. The minimum Gasteiger partial charge on any atom is -0.497 e. The fourth-order valence-corrected chi connectivity index (χ4v) is 2.66. The molecule has 0 radical (unpaired) electrons. The Labute approximate surface area is 145 Å². The summed E-state index contributed by atoms with van der Waals surface area (Å²) < 4.78 is 17.7. The van der Waals surface area contributed by atoms with E-state index in [0.29, 0.717) is 18.4 Å². The van der Waals surface area contributed by atoms with Crippen molar-refractivity contribution in [3.05, 3.63) is 35.5 Å². The lowest BCUT2D eigenvalue weighted by molar-refractivity contribution is 0.369. The van der Waals surface area contributed by atoms with Crippen LogP contribution in [0.25, 0.3) is 11.4 Å². The maximum absolute atomic E-state index is 5.43. The first-order valence-electron chi connectivity index (χ1n) is 7.97. The van der Waals surface area contributed by atoms with Crippen LogP contribution in [-0.4, -0.2) is 34.1 Å². The molecule has 0 spiro atoms. The molecule has 0 aliphatic carbocycles. The van der Waals surface area contributed by atoms with Gasteiger partial charge in [0.05, 0.1) is 32.0 Å². The van der Waals surface area contributed by atoms with Crippen LogP contribution < -0.4 is 14.8 Å². The van der Waals surface area contributed by atoms with Gasteiger partial charge in [0.15, 0.2) is 0 Å². The van der Waals surface area contributed by atoms with Crippen molar-refractivity contribution < 1.29 is 14.0 Å². The zero-order chi connectivity index (χ0) is 17.8. The summed E-state index contributed by atoms with van der Waals surface area (Å²) in [5.74, 6) is 1.96.